The molecule has 0 radical (unpaired) electrons. The first-order chi connectivity index (χ1) is 5.77. The first-order valence-corrected chi connectivity index (χ1v) is 4.34. The Balaban J connectivity index is 2.92. The van der Waals surface area contributed by atoms with Crippen LogP contribution in [0.1, 0.15) is 5.69 Å². The van der Waals surface area contributed by atoms with Gasteiger partial charge in [-0.15, -0.1) is 0 Å². The van der Waals surface area contributed by atoms with Crippen LogP contribution in [0, 0.1) is 0 Å². The van der Waals surface area contributed by atoms with Crippen molar-refractivity contribution in [3.05, 3.63) is 22.2 Å². The van der Waals surface area contributed by atoms with Gasteiger partial charge in [0.1, 0.15) is 5.69 Å². The molecule has 64 valence electrons. The summed E-state index contributed by atoms with van der Waals surface area (Å²) in [7, 11) is 1.48. The number of nitrogens with zero attached hydrogens (tertiary/aromatic N) is 2. The summed E-state index contributed by atoms with van der Waals surface area (Å²) in [5.41, 5.74) is 0.213. The van der Waals surface area contributed by atoms with Crippen LogP contribution in [0.5, 0.6) is 5.88 Å². The molecule has 0 aromatic carbocycles. The number of hydrogen-bond acceptors (Lipinski definition) is 3. The van der Waals surface area contributed by atoms with E-state index in [1.54, 1.807) is 22.6 Å². The minimum atomic E-state index is -0.397. The average Bonchev–Trinajstić information content (AvgIpc) is 2.17. The third-order valence-corrected chi connectivity index (χ3v) is 1.72. The van der Waals surface area contributed by atoms with E-state index < -0.39 is 5.83 Å². The van der Waals surface area contributed by atoms with Crippen molar-refractivity contribution in [3.8, 4) is 5.88 Å². The number of ether oxygens (including phenoxy) is 1. The van der Waals surface area contributed by atoms with Crippen molar-refractivity contribution in [2.24, 2.45) is 0 Å². The lowest BCUT2D eigenvalue weighted by molar-refractivity contribution is 0.395. The van der Waals surface area contributed by atoms with Gasteiger partial charge in [-0.3, -0.25) is 0 Å². The molecule has 0 spiro atoms. The summed E-state index contributed by atoms with van der Waals surface area (Å²) >= 11 is 1.80. The van der Waals surface area contributed by atoms with E-state index in [9.17, 15) is 4.39 Å². The Labute approximate surface area is 82.8 Å². The SMILES string of the molecule is COc1cnc(C(F)=CI)cn1. The lowest BCUT2D eigenvalue weighted by Crippen LogP contribution is -1.91. The van der Waals surface area contributed by atoms with Gasteiger partial charge in [0.25, 0.3) is 0 Å². The van der Waals surface area contributed by atoms with Crippen LogP contribution in [0.3, 0.4) is 0 Å². The Morgan fingerprint density at radius 2 is 2.33 bits per heavy atom. The summed E-state index contributed by atoms with van der Waals surface area (Å²) in [4.78, 5) is 7.58. The van der Waals surface area contributed by atoms with E-state index >= 15 is 0 Å². The molecule has 0 fully saturated rings. The Morgan fingerprint density at radius 1 is 1.58 bits per heavy atom. The maximum absolute atomic E-state index is 12.8. The van der Waals surface area contributed by atoms with Gasteiger partial charge in [0.15, 0.2) is 5.83 Å². The molecule has 5 heteroatoms. The van der Waals surface area contributed by atoms with E-state index in [1.807, 2.05) is 0 Å². The highest BCUT2D eigenvalue weighted by molar-refractivity contribution is 14.1. The number of aromatic nitrogens is 2. The molecule has 1 aromatic heterocycles. The van der Waals surface area contributed by atoms with Gasteiger partial charge in [-0.25, -0.2) is 14.4 Å². The van der Waals surface area contributed by atoms with Crippen LogP contribution in [0.15, 0.2) is 16.5 Å². The highest BCUT2D eigenvalue weighted by Crippen LogP contribution is 2.15. The van der Waals surface area contributed by atoms with Crippen molar-refractivity contribution in [2.45, 2.75) is 0 Å². The average molecular weight is 280 g/mol. The molecule has 0 saturated heterocycles. The van der Waals surface area contributed by atoms with E-state index in [1.165, 1.54) is 23.6 Å². The normalized spacial score (nSPS) is 11.4. The summed E-state index contributed by atoms with van der Waals surface area (Å²) in [6, 6.07) is 0. The van der Waals surface area contributed by atoms with Crippen molar-refractivity contribution in [3.63, 3.8) is 0 Å². The van der Waals surface area contributed by atoms with E-state index in [0.29, 0.717) is 5.88 Å². The molecule has 0 amide bonds. The van der Waals surface area contributed by atoms with Gasteiger partial charge in [-0.1, -0.05) is 0 Å². The molecule has 12 heavy (non-hydrogen) atoms. The summed E-state index contributed by atoms with van der Waals surface area (Å²) in [5.74, 6) is -0.0224. The minimum Gasteiger partial charge on any atom is -0.480 e. The van der Waals surface area contributed by atoms with Gasteiger partial charge in [0, 0.05) is 4.08 Å². The van der Waals surface area contributed by atoms with Crippen LogP contribution in [0.4, 0.5) is 4.39 Å². The van der Waals surface area contributed by atoms with Gasteiger partial charge < -0.3 is 4.74 Å². The molecule has 1 heterocycles. The lowest BCUT2D eigenvalue weighted by atomic mass is 10.4. The predicted octanol–water partition coefficient (Wildman–Crippen LogP) is 2.19. The lowest BCUT2D eigenvalue weighted by Gasteiger charge is -1.97. The molecule has 0 bridgehead atoms. The standard InChI is InChI=1S/C7H6FIN2O/c1-12-7-4-10-6(3-11-7)5(8)2-9/h2-4H,1H3. The van der Waals surface area contributed by atoms with Crippen molar-refractivity contribution < 1.29 is 9.13 Å². The number of halogens is 2. The molecule has 0 N–H and O–H groups in total. The van der Waals surface area contributed by atoms with E-state index in [-0.39, 0.29) is 5.69 Å². The van der Waals surface area contributed by atoms with Crippen molar-refractivity contribution in [1.29, 1.82) is 0 Å². The third-order valence-electron chi connectivity index (χ3n) is 1.18. The molecule has 0 saturated carbocycles. The quantitative estimate of drug-likeness (QED) is 0.779. The number of rotatable bonds is 2. The Bertz CT molecular complexity index is 286. The van der Waals surface area contributed by atoms with Gasteiger partial charge in [-0.05, 0) is 22.6 Å². The summed E-state index contributed by atoms with van der Waals surface area (Å²) in [6.07, 6.45) is 2.69. The van der Waals surface area contributed by atoms with Gasteiger partial charge in [0.2, 0.25) is 5.88 Å². The second kappa shape index (κ2) is 4.34. The minimum absolute atomic E-state index is 0.213. The smallest absolute Gasteiger partial charge is 0.232 e. The predicted molar refractivity (Wildman–Crippen MR) is 51.7 cm³/mol. The van der Waals surface area contributed by atoms with Crippen LogP contribution < -0.4 is 4.74 Å². The summed E-state index contributed by atoms with van der Waals surface area (Å²) < 4.78 is 18.9. The third kappa shape index (κ3) is 2.13. The zero-order valence-electron chi connectivity index (χ0n) is 6.29. The summed E-state index contributed by atoms with van der Waals surface area (Å²) in [6.45, 7) is 0. The highest BCUT2D eigenvalue weighted by Gasteiger charge is 2.01. The second-order valence-corrected chi connectivity index (χ2v) is 2.52. The zero-order valence-corrected chi connectivity index (χ0v) is 8.45. The van der Waals surface area contributed by atoms with Crippen LogP contribution in [-0.2, 0) is 0 Å². The molecular weight excluding hydrogens is 274 g/mol. The van der Waals surface area contributed by atoms with E-state index in [4.69, 9.17) is 4.74 Å². The second-order valence-electron chi connectivity index (χ2n) is 1.90. The fourth-order valence-electron chi connectivity index (χ4n) is 0.601. The van der Waals surface area contributed by atoms with Crippen molar-refractivity contribution >= 4 is 28.4 Å². The molecule has 0 unspecified atom stereocenters. The molecule has 0 aliphatic rings. The van der Waals surface area contributed by atoms with E-state index in [2.05, 4.69) is 9.97 Å². The van der Waals surface area contributed by atoms with Gasteiger partial charge >= 0.3 is 0 Å². The van der Waals surface area contributed by atoms with Crippen LogP contribution in [0.25, 0.3) is 5.83 Å². The maximum atomic E-state index is 12.8. The zero-order chi connectivity index (χ0) is 8.97. The first-order valence-electron chi connectivity index (χ1n) is 3.10. The monoisotopic (exact) mass is 280 g/mol. The van der Waals surface area contributed by atoms with Crippen molar-refractivity contribution in [1.82, 2.24) is 9.97 Å². The fraction of sp³-hybridized carbons (Fsp3) is 0.143. The Kier molecular flexibility index (Phi) is 3.39. The van der Waals surface area contributed by atoms with Gasteiger partial charge in [-0.2, -0.15) is 0 Å². The molecule has 0 aliphatic heterocycles. The van der Waals surface area contributed by atoms with E-state index in [0.717, 1.165) is 0 Å². The van der Waals surface area contributed by atoms with Crippen LogP contribution in [-0.4, -0.2) is 17.1 Å². The molecule has 3 nitrogen and oxygen atoms in total. The Hall–Kier alpha value is -0.720. The molecule has 1 rings (SSSR count). The molecule has 0 atom stereocenters. The molecule has 1 aromatic rings. The van der Waals surface area contributed by atoms with Crippen LogP contribution >= 0.6 is 22.6 Å². The molecule has 0 aliphatic carbocycles. The first kappa shape index (κ1) is 9.37. The number of methoxy groups -OCH3 is 1. The fourth-order valence-corrected chi connectivity index (χ4v) is 0.920. The van der Waals surface area contributed by atoms with Crippen LogP contribution in [0.2, 0.25) is 0 Å². The van der Waals surface area contributed by atoms with Crippen molar-refractivity contribution in [2.75, 3.05) is 7.11 Å². The maximum Gasteiger partial charge on any atom is 0.232 e. The van der Waals surface area contributed by atoms with Gasteiger partial charge in [0.05, 0.1) is 19.5 Å². The highest BCUT2D eigenvalue weighted by atomic mass is 127. The largest absolute Gasteiger partial charge is 0.480 e. The molecular formula is C7H6FIN2O. The Morgan fingerprint density at radius 3 is 2.75 bits per heavy atom. The summed E-state index contributed by atoms with van der Waals surface area (Å²) in [5, 5.41) is 0. The number of hydrogen-bond donors (Lipinski definition) is 0. The topological polar surface area (TPSA) is 35.0 Å².